The molecule has 224 valence electrons. The SMILES string of the molecule is CCNC(=O)NCc1ccccc1-c1ccc(C2OC(CSc3ccccc3OC)CC(c3ccc(CO)cc3)O2)cc1. The van der Waals surface area contributed by atoms with E-state index in [0.717, 1.165) is 49.8 Å². The van der Waals surface area contributed by atoms with Crippen molar-refractivity contribution in [2.45, 2.75) is 49.9 Å². The van der Waals surface area contributed by atoms with E-state index in [2.05, 4.69) is 47.0 Å². The van der Waals surface area contributed by atoms with Crippen LogP contribution in [0.3, 0.4) is 0 Å². The van der Waals surface area contributed by atoms with Gasteiger partial charge >= 0.3 is 6.03 Å². The summed E-state index contributed by atoms with van der Waals surface area (Å²) in [6.07, 6.45) is -0.0445. The number of carbonyl (C=O) groups is 1. The Kier molecular flexibility index (Phi) is 10.7. The molecule has 1 saturated heterocycles. The van der Waals surface area contributed by atoms with Crippen molar-refractivity contribution in [3.8, 4) is 16.9 Å². The highest BCUT2D eigenvalue weighted by atomic mass is 32.2. The van der Waals surface area contributed by atoms with Gasteiger partial charge in [-0.1, -0.05) is 84.9 Å². The number of ether oxygens (including phenoxy) is 3. The maximum absolute atomic E-state index is 12.0. The number of hydrogen-bond acceptors (Lipinski definition) is 6. The Labute approximate surface area is 257 Å². The Hall–Kier alpha value is -3.82. The summed E-state index contributed by atoms with van der Waals surface area (Å²) >= 11 is 1.72. The molecule has 1 fully saturated rings. The van der Waals surface area contributed by atoms with Crippen molar-refractivity contribution < 1.29 is 24.1 Å². The third kappa shape index (κ3) is 7.97. The molecule has 3 N–H and O–H groups in total. The van der Waals surface area contributed by atoms with E-state index in [9.17, 15) is 9.90 Å². The molecule has 2 amide bonds. The summed E-state index contributed by atoms with van der Waals surface area (Å²) < 4.78 is 18.6. The van der Waals surface area contributed by atoms with Crippen molar-refractivity contribution in [1.29, 1.82) is 0 Å². The van der Waals surface area contributed by atoms with Gasteiger partial charge in [-0.2, -0.15) is 0 Å². The van der Waals surface area contributed by atoms with Crippen molar-refractivity contribution >= 4 is 17.8 Å². The molecule has 8 heteroatoms. The van der Waals surface area contributed by atoms with Crippen molar-refractivity contribution in [3.63, 3.8) is 0 Å². The van der Waals surface area contributed by atoms with E-state index in [1.165, 1.54) is 0 Å². The van der Waals surface area contributed by atoms with Gasteiger partial charge in [-0.3, -0.25) is 0 Å². The minimum absolute atomic E-state index is 0.00713. The van der Waals surface area contributed by atoms with E-state index in [1.807, 2.05) is 67.6 Å². The van der Waals surface area contributed by atoms with Crippen molar-refractivity contribution in [2.24, 2.45) is 0 Å². The smallest absolute Gasteiger partial charge is 0.315 e. The molecule has 0 aliphatic carbocycles. The van der Waals surface area contributed by atoms with Gasteiger partial charge in [0.2, 0.25) is 0 Å². The van der Waals surface area contributed by atoms with E-state index in [0.29, 0.717) is 19.5 Å². The van der Waals surface area contributed by atoms with Crippen LogP contribution >= 0.6 is 11.8 Å². The highest BCUT2D eigenvalue weighted by molar-refractivity contribution is 7.99. The fraction of sp³-hybridized carbons (Fsp3) is 0.286. The molecule has 4 aromatic rings. The Morgan fingerprint density at radius 3 is 2.37 bits per heavy atom. The summed E-state index contributed by atoms with van der Waals surface area (Å²) in [4.78, 5) is 13.0. The highest BCUT2D eigenvalue weighted by Crippen LogP contribution is 2.41. The zero-order chi connectivity index (χ0) is 30.0. The lowest BCUT2D eigenvalue weighted by Gasteiger charge is -2.36. The van der Waals surface area contributed by atoms with Crippen LogP contribution in [0.2, 0.25) is 0 Å². The second-order valence-electron chi connectivity index (χ2n) is 10.3. The molecular formula is C35H38N2O5S. The first-order chi connectivity index (χ1) is 21.1. The molecule has 0 bridgehead atoms. The molecule has 4 aromatic carbocycles. The van der Waals surface area contributed by atoms with Gasteiger partial charge in [0.15, 0.2) is 6.29 Å². The monoisotopic (exact) mass is 598 g/mol. The van der Waals surface area contributed by atoms with Crippen LogP contribution in [0.4, 0.5) is 4.79 Å². The third-order valence-corrected chi connectivity index (χ3v) is 8.58. The molecule has 5 rings (SSSR count). The minimum Gasteiger partial charge on any atom is -0.496 e. The molecule has 0 radical (unpaired) electrons. The van der Waals surface area contributed by atoms with E-state index in [-0.39, 0.29) is 24.8 Å². The summed E-state index contributed by atoms with van der Waals surface area (Å²) in [5, 5.41) is 15.2. The topological polar surface area (TPSA) is 89.1 Å². The van der Waals surface area contributed by atoms with E-state index < -0.39 is 6.29 Å². The van der Waals surface area contributed by atoms with Crippen LogP contribution in [0.1, 0.15) is 48.0 Å². The third-order valence-electron chi connectivity index (χ3n) is 7.40. The Balaban J connectivity index is 1.35. The number of carbonyl (C=O) groups excluding carboxylic acids is 1. The van der Waals surface area contributed by atoms with Gasteiger partial charge in [0, 0.05) is 35.7 Å². The Morgan fingerprint density at radius 2 is 1.63 bits per heavy atom. The predicted octanol–water partition coefficient (Wildman–Crippen LogP) is 7.01. The second kappa shape index (κ2) is 15.1. The van der Waals surface area contributed by atoms with Crippen molar-refractivity contribution in [3.05, 3.63) is 119 Å². The standard InChI is InChI=1S/C35H38N2O5S/c1-3-36-35(39)37-21-28-8-4-5-9-30(28)25-16-18-27(19-17-25)34-41-29(23-43-33-11-7-6-10-31(33)40-2)20-32(42-34)26-14-12-24(22-38)13-15-26/h4-19,29,32,34,38H,3,20-23H2,1-2H3,(H2,36,37,39). The summed E-state index contributed by atoms with van der Waals surface area (Å²) in [6.45, 7) is 2.91. The molecule has 3 atom stereocenters. The first-order valence-corrected chi connectivity index (χ1v) is 15.5. The number of aliphatic hydroxyl groups is 1. The first kappa shape index (κ1) is 30.6. The highest BCUT2D eigenvalue weighted by Gasteiger charge is 2.32. The van der Waals surface area contributed by atoms with Gasteiger partial charge in [0.05, 0.1) is 25.9 Å². The molecule has 0 aromatic heterocycles. The number of thioether (sulfide) groups is 1. The van der Waals surface area contributed by atoms with Crippen LogP contribution in [-0.4, -0.2) is 36.6 Å². The predicted molar refractivity (Wildman–Crippen MR) is 170 cm³/mol. The molecule has 3 unspecified atom stereocenters. The summed E-state index contributed by atoms with van der Waals surface area (Å²) in [6, 6.07) is 32.1. The molecule has 0 spiro atoms. The molecule has 0 saturated carbocycles. The fourth-order valence-corrected chi connectivity index (χ4v) is 6.17. The number of nitrogens with one attached hydrogen (secondary N) is 2. The number of benzene rings is 4. The van der Waals surface area contributed by atoms with E-state index in [1.54, 1.807) is 18.9 Å². The van der Waals surface area contributed by atoms with Crippen LogP contribution in [0.5, 0.6) is 5.75 Å². The number of rotatable bonds is 11. The molecule has 1 aliphatic heterocycles. The van der Waals surface area contributed by atoms with Crippen LogP contribution in [0.15, 0.2) is 102 Å². The number of methoxy groups -OCH3 is 1. The fourth-order valence-electron chi connectivity index (χ4n) is 5.12. The van der Waals surface area contributed by atoms with Crippen molar-refractivity contribution in [2.75, 3.05) is 19.4 Å². The second-order valence-corrected chi connectivity index (χ2v) is 11.4. The first-order valence-electron chi connectivity index (χ1n) is 14.5. The summed E-state index contributed by atoms with van der Waals surface area (Å²) in [7, 11) is 1.69. The molecule has 43 heavy (non-hydrogen) atoms. The van der Waals surface area contributed by atoms with Crippen LogP contribution < -0.4 is 15.4 Å². The molecule has 1 heterocycles. The van der Waals surface area contributed by atoms with E-state index >= 15 is 0 Å². The normalized spacial score (nSPS) is 18.2. The number of aliphatic hydroxyl groups excluding tert-OH is 1. The zero-order valence-corrected chi connectivity index (χ0v) is 25.3. The lowest BCUT2D eigenvalue weighted by atomic mass is 9.98. The van der Waals surface area contributed by atoms with Gasteiger partial charge in [0.1, 0.15) is 5.75 Å². The number of urea groups is 1. The Bertz CT molecular complexity index is 1480. The summed E-state index contributed by atoms with van der Waals surface area (Å²) in [5.41, 5.74) is 6.00. The maximum atomic E-state index is 12.0. The van der Waals surface area contributed by atoms with Crippen LogP contribution in [0, 0.1) is 0 Å². The number of hydrogen-bond donors (Lipinski definition) is 3. The lowest BCUT2D eigenvalue weighted by molar-refractivity contribution is -0.245. The average Bonchev–Trinajstić information content (AvgIpc) is 3.07. The lowest BCUT2D eigenvalue weighted by Crippen LogP contribution is -2.34. The zero-order valence-electron chi connectivity index (χ0n) is 24.5. The number of amides is 2. The van der Waals surface area contributed by atoms with Crippen molar-refractivity contribution in [1.82, 2.24) is 10.6 Å². The molecule has 1 aliphatic rings. The molecular weight excluding hydrogens is 560 g/mol. The van der Waals surface area contributed by atoms with Gasteiger partial charge in [-0.05, 0) is 46.9 Å². The van der Waals surface area contributed by atoms with Gasteiger partial charge < -0.3 is 30.0 Å². The minimum atomic E-state index is -0.539. The van der Waals surface area contributed by atoms with Gasteiger partial charge in [-0.15, -0.1) is 11.8 Å². The average molecular weight is 599 g/mol. The molecule has 7 nitrogen and oxygen atoms in total. The number of para-hydroxylation sites is 1. The van der Waals surface area contributed by atoms with E-state index in [4.69, 9.17) is 14.2 Å². The summed E-state index contributed by atoms with van der Waals surface area (Å²) in [5.74, 6) is 1.60. The van der Waals surface area contributed by atoms with Crippen LogP contribution in [-0.2, 0) is 22.6 Å². The van der Waals surface area contributed by atoms with Gasteiger partial charge in [-0.25, -0.2) is 4.79 Å². The quantitative estimate of drug-likeness (QED) is 0.161. The Morgan fingerprint density at radius 1 is 0.907 bits per heavy atom. The largest absolute Gasteiger partial charge is 0.496 e. The maximum Gasteiger partial charge on any atom is 0.315 e. The van der Waals surface area contributed by atoms with Crippen LogP contribution in [0.25, 0.3) is 11.1 Å². The van der Waals surface area contributed by atoms with Gasteiger partial charge in [0.25, 0.3) is 0 Å².